The van der Waals surface area contributed by atoms with E-state index in [0.717, 1.165) is 22.6 Å². The van der Waals surface area contributed by atoms with Crippen molar-refractivity contribution in [2.45, 2.75) is 6.92 Å². The van der Waals surface area contributed by atoms with Gasteiger partial charge in [0.25, 0.3) is 5.91 Å². The van der Waals surface area contributed by atoms with Gasteiger partial charge in [-0.25, -0.2) is 4.98 Å². The molecule has 0 fully saturated rings. The van der Waals surface area contributed by atoms with Crippen molar-refractivity contribution in [3.8, 4) is 28.3 Å². The number of aryl methyl sites for hydroxylation is 1. The molecule has 1 amide bonds. The monoisotopic (exact) mass is 391 g/mol. The SMILES string of the molecule is COc1ccc(-c2csc(NC(=O)c3c(-c4ccccc4)noc3C)n2)cc1. The first-order valence-corrected chi connectivity index (χ1v) is 9.46. The van der Waals surface area contributed by atoms with Gasteiger partial charge in [-0.05, 0) is 31.2 Å². The highest BCUT2D eigenvalue weighted by molar-refractivity contribution is 7.14. The van der Waals surface area contributed by atoms with E-state index < -0.39 is 0 Å². The Balaban J connectivity index is 1.57. The van der Waals surface area contributed by atoms with E-state index in [1.807, 2.05) is 60.0 Å². The van der Waals surface area contributed by atoms with Gasteiger partial charge in [0, 0.05) is 16.5 Å². The van der Waals surface area contributed by atoms with Gasteiger partial charge in [0.1, 0.15) is 22.8 Å². The maximum atomic E-state index is 12.9. The van der Waals surface area contributed by atoms with Crippen molar-refractivity contribution < 1.29 is 14.1 Å². The molecule has 4 rings (SSSR count). The summed E-state index contributed by atoms with van der Waals surface area (Å²) in [5.41, 5.74) is 3.48. The third-order valence-electron chi connectivity index (χ3n) is 4.25. The van der Waals surface area contributed by atoms with Gasteiger partial charge in [-0.3, -0.25) is 10.1 Å². The molecule has 0 saturated carbocycles. The van der Waals surface area contributed by atoms with Gasteiger partial charge in [0.05, 0.1) is 12.8 Å². The van der Waals surface area contributed by atoms with Crippen LogP contribution >= 0.6 is 11.3 Å². The van der Waals surface area contributed by atoms with Crippen LogP contribution in [0.1, 0.15) is 16.1 Å². The molecule has 0 spiro atoms. The summed E-state index contributed by atoms with van der Waals surface area (Å²) in [7, 11) is 1.63. The number of carbonyl (C=O) groups is 1. The van der Waals surface area contributed by atoms with Crippen LogP contribution in [0.2, 0.25) is 0 Å². The van der Waals surface area contributed by atoms with Crippen molar-refractivity contribution in [3.63, 3.8) is 0 Å². The van der Waals surface area contributed by atoms with E-state index in [0.29, 0.717) is 22.1 Å². The molecule has 0 radical (unpaired) electrons. The number of hydrogen-bond donors (Lipinski definition) is 1. The lowest BCUT2D eigenvalue weighted by Gasteiger charge is -2.03. The summed E-state index contributed by atoms with van der Waals surface area (Å²) in [6, 6.07) is 17.1. The lowest BCUT2D eigenvalue weighted by Crippen LogP contribution is -2.13. The molecule has 2 aromatic carbocycles. The van der Waals surface area contributed by atoms with Gasteiger partial charge < -0.3 is 9.26 Å². The number of carbonyl (C=O) groups excluding carboxylic acids is 1. The lowest BCUT2D eigenvalue weighted by atomic mass is 10.1. The highest BCUT2D eigenvalue weighted by Crippen LogP contribution is 2.29. The molecule has 1 N–H and O–H groups in total. The fraction of sp³-hybridized carbons (Fsp3) is 0.0952. The number of nitrogens with zero attached hydrogens (tertiary/aromatic N) is 2. The van der Waals surface area contributed by atoms with Crippen molar-refractivity contribution in [2.75, 3.05) is 12.4 Å². The molecular formula is C21H17N3O3S. The molecule has 2 aromatic heterocycles. The number of hydrogen-bond acceptors (Lipinski definition) is 6. The molecule has 7 heteroatoms. The van der Waals surface area contributed by atoms with Gasteiger partial charge in [-0.2, -0.15) is 0 Å². The molecule has 0 atom stereocenters. The van der Waals surface area contributed by atoms with Crippen molar-refractivity contribution in [2.24, 2.45) is 0 Å². The lowest BCUT2D eigenvalue weighted by molar-refractivity contribution is 0.102. The topological polar surface area (TPSA) is 77.2 Å². The van der Waals surface area contributed by atoms with Crippen molar-refractivity contribution in [1.29, 1.82) is 0 Å². The molecule has 0 bridgehead atoms. The summed E-state index contributed by atoms with van der Waals surface area (Å²) in [4.78, 5) is 17.4. The van der Waals surface area contributed by atoms with E-state index in [1.54, 1.807) is 14.0 Å². The Morgan fingerprint density at radius 2 is 1.82 bits per heavy atom. The van der Waals surface area contributed by atoms with Crippen molar-refractivity contribution in [1.82, 2.24) is 10.1 Å². The number of anilines is 1. The minimum atomic E-state index is -0.298. The largest absolute Gasteiger partial charge is 0.497 e. The smallest absolute Gasteiger partial charge is 0.263 e. The number of benzene rings is 2. The first kappa shape index (κ1) is 17.9. The Bertz CT molecular complexity index is 1100. The predicted molar refractivity (Wildman–Crippen MR) is 109 cm³/mol. The van der Waals surface area contributed by atoms with E-state index in [4.69, 9.17) is 9.26 Å². The standard InChI is InChI=1S/C21H17N3O3S/c1-13-18(19(24-27-13)15-6-4-3-5-7-15)20(25)23-21-22-17(12-28-21)14-8-10-16(26-2)11-9-14/h3-12H,1-2H3,(H,22,23,25). The van der Waals surface area contributed by atoms with E-state index >= 15 is 0 Å². The van der Waals surface area contributed by atoms with E-state index in [9.17, 15) is 4.79 Å². The van der Waals surface area contributed by atoms with Gasteiger partial charge in [-0.1, -0.05) is 35.5 Å². The third kappa shape index (κ3) is 3.52. The van der Waals surface area contributed by atoms with Crippen molar-refractivity contribution in [3.05, 3.63) is 71.3 Å². The summed E-state index contributed by atoms with van der Waals surface area (Å²) >= 11 is 1.36. The molecular weight excluding hydrogens is 374 g/mol. The van der Waals surface area contributed by atoms with Gasteiger partial charge in [0.2, 0.25) is 0 Å². The molecule has 0 aliphatic heterocycles. The molecule has 0 unspecified atom stereocenters. The second-order valence-corrected chi connectivity index (χ2v) is 6.91. The summed E-state index contributed by atoms with van der Waals surface area (Å²) < 4.78 is 10.4. The number of aromatic nitrogens is 2. The van der Waals surface area contributed by atoms with Crippen molar-refractivity contribution >= 4 is 22.4 Å². The maximum absolute atomic E-state index is 12.9. The molecule has 0 aliphatic carbocycles. The van der Waals surface area contributed by atoms with Crippen LogP contribution in [0.5, 0.6) is 5.75 Å². The Morgan fingerprint density at radius 1 is 1.07 bits per heavy atom. The molecule has 0 aliphatic rings. The van der Waals surface area contributed by atoms with E-state index in [1.165, 1.54) is 11.3 Å². The Labute approximate surface area is 165 Å². The number of ether oxygens (including phenoxy) is 1. The van der Waals surface area contributed by atoms with Gasteiger partial charge >= 0.3 is 0 Å². The molecule has 6 nitrogen and oxygen atoms in total. The average Bonchev–Trinajstić information content (AvgIpc) is 3.35. The minimum absolute atomic E-state index is 0.298. The summed E-state index contributed by atoms with van der Waals surface area (Å²) in [5.74, 6) is 0.945. The second-order valence-electron chi connectivity index (χ2n) is 6.05. The third-order valence-corrected chi connectivity index (χ3v) is 5.01. The Hall–Kier alpha value is -3.45. The fourth-order valence-corrected chi connectivity index (χ4v) is 3.53. The first-order chi connectivity index (χ1) is 13.7. The molecule has 28 heavy (non-hydrogen) atoms. The van der Waals surface area contributed by atoms with Crippen LogP contribution in [0.3, 0.4) is 0 Å². The first-order valence-electron chi connectivity index (χ1n) is 8.58. The number of thiazole rings is 1. The molecule has 4 aromatic rings. The van der Waals surface area contributed by atoms with E-state index in [-0.39, 0.29) is 5.91 Å². The summed E-state index contributed by atoms with van der Waals surface area (Å²) in [6.45, 7) is 1.72. The number of methoxy groups -OCH3 is 1. The zero-order valence-corrected chi connectivity index (χ0v) is 16.1. The number of amides is 1. The van der Waals surface area contributed by atoms with Gasteiger partial charge in [0.15, 0.2) is 5.13 Å². The van der Waals surface area contributed by atoms with Crippen LogP contribution in [0, 0.1) is 6.92 Å². The normalized spacial score (nSPS) is 10.6. The summed E-state index contributed by atoms with van der Waals surface area (Å²) in [5, 5.41) is 9.31. The Morgan fingerprint density at radius 3 is 2.54 bits per heavy atom. The molecule has 140 valence electrons. The second kappa shape index (κ2) is 7.66. The zero-order chi connectivity index (χ0) is 19.5. The number of nitrogens with one attached hydrogen (secondary N) is 1. The minimum Gasteiger partial charge on any atom is -0.497 e. The highest BCUT2D eigenvalue weighted by Gasteiger charge is 2.22. The average molecular weight is 391 g/mol. The highest BCUT2D eigenvalue weighted by atomic mass is 32.1. The number of rotatable bonds is 5. The summed E-state index contributed by atoms with van der Waals surface area (Å²) in [6.07, 6.45) is 0. The quantitative estimate of drug-likeness (QED) is 0.516. The fourth-order valence-electron chi connectivity index (χ4n) is 2.82. The van der Waals surface area contributed by atoms with Gasteiger partial charge in [-0.15, -0.1) is 11.3 Å². The van der Waals surface area contributed by atoms with E-state index in [2.05, 4.69) is 15.5 Å². The van der Waals surface area contributed by atoms with Crippen LogP contribution in [0.25, 0.3) is 22.5 Å². The van der Waals surface area contributed by atoms with Crippen LogP contribution < -0.4 is 10.1 Å². The van der Waals surface area contributed by atoms with Crippen LogP contribution in [-0.2, 0) is 0 Å². The zero-order valence-electron chi connectivity index (χ0n) is 15.3. The predicted octanol–water partition coefficient (Wildman–Crippen LogP) is 5.03. The molecule has 0 saturated heterocycles. The van der Waals surface area contributed by atoms with Crippen LogP contribution in [0.15, 0.2) is 64.5 Å². The van der Waals surface area contributed by atoms with Crippen LogP contribution in [0.4, 0.5) is 5.13 Å². The Kier molecular flexibility index (Phi) is 4.90. The maximum Gasteiger partial charge on any atom is 0.263 e. The molecule has 2 heterocycles. The van der Waals surface area contributed by atoms with Crippen LogP contribution in [-0.4, -0.2) is 23.2 Å².